The molecule has 0 radical (unpaired) electrons. The molecule has 5 rings (SSSR count). The Balaban J connectivity index is 1.50. The molecule has 0 aliphatic rings. The van der Waals surface area contributed by atoms with Crippen molar-refractivity contribution in [2.75, 3.05) is 22.1 Å². The molecule has 0 spiro atoms. The maximum Gasteiger partial charge on any atom is 0.258 e. The smallest absolute Gasteiger partial charge is 0.258 e. The summed E-state index contributed by atoms with van der Waals surface area (Å²) in [7, 11) is 0. The van der Waals surface area contributed by atoms with Crippen LogP contribution < -0.4 is 15.5 Å². The Hall–Kier alpha value is -4.68. The SMILES string of the molecule is O=C(c1ccccc1)N(CC(Nc1ccccc1)c1cnc(Nc2ccccc2)c(Cl)c1)c1ccc(F)cc1. The first-order chi connectivity index (χ1) is 19.1. The van der Waals surface area contributed by atoms with Gasteiger partial charge in [-0.05, 0) is 72.3 Å². The number of carbonyl (C=O) groups excluding carboxylic acids is 1. The summed E-state index contributed by atoms with van der Waals surface area (Å²) in [5, 5.41) is 7.20. The first-order valence-electron chi connectivity index (χ1n) is 12.5. The van der Waals surface area contributed by atoms with Crippen LogP contribution in [0.1, 0.15) is 22.0 Å². The minimum absolute atomic E-state index is 0.205. The fourth-order valence-electron chi connectivity index (χ4n) is 4.21. The van der Waals surface area contributed by atoms with Crippen molar-refractivity contribution < 1.29 is 9.18 Å². The van der Waals surface area contributed by atoms with Crippen LogP contribution >= 0.6 is 11.6 Å². The van der Waals surface area contributed by atoms with E-state index in [-0.39, 0.29) is 24.3 Å². The van der Waals surface area contributed by atoms with Gasteiger partial charge < -0.3 is 15.5 Å². The standard InChI is InChI=1S/C32H26ClFN4O/c33-29-20-24(21-35-31(29)37-27-14-8-3-9-15-27)30(36-26-12-6-2-7-13-26)22-38(28-18-16-25(34)17-19-28)32(39)23-10-4-1-5-11-23/h1-21,30,36H,22H2,(H,35,37). The third kappa shape index (κ3) is 6.61. The molecule has 39 heavy (non-hydrogen) atoms. The number of halogens is 2. The van der Waals surface area contributed by atoms with Gasteiger partial charge in [0.15, 0.2) is 0 Å². The van der Waals surface area contributed by atoms with Crippen molar-refractivity contribution in [1.29, 1.82) is 0 Å². The summed E-state index contributed by atoms with van der Waals surface area (Å²) in [5.74, 6) is -0.0494. The quantitative estimate of drug-likeness (QED) is 0.200. The van der Waals surface area contributed by atoms with Crippen molar-refractivity contribution >= 4 is 40.4 Å². The number of carbonyl (C=O) groups is 1. The molecule has 0 saturated heterocycles. The molecule has 1 aromatic heterocycles. The normalized spacial score (nSPS) is 11.4. The van der Waals surface area contributed by atoms with Crippen LogP contribution in [-0.2, 0) is 0 Å². The molecule has 0 fully saturated rings. The summed E-state index contributed by atoms with van der Waals surface area (Å²) in [6, 6.07) is 35.8. The first-order valence-corrected chi connectivity index (χ1v) is 12.9. The summed E-state index contributed by atoms with van der Waals surface area (Å²) in [5.41, 5.74) is 3.63. The van der Waals surface area contributed by atoms with E-state index in [4.69, 9.17) is 11.6 Å². The van der Waals surface area contributed by atoms with Gasteiger partial charge >= 0.3 is 0 Å². The van der Waals surface area contributed by atoms with Gasteiger partial charge in [0.25, 0.3) is 5.91 Å². The number of hydrogen-bond acceptors (Lipinski definition) is 4. The molecule has 5 nitrogen and oxygen atoms in total. The minimum atomic E-state index is -0.388. The first kappa shape index (κ1) is 25.9. The molecule has 2 N–H and O–H groups in total. The van der Waals surface area contributed by atoms with E-state index in [0.717, 1.165) is 16.9 Å². The van der Waals surface area contributed by atoms with E-state index in [1.807, 2.05) is 84.9 Å². The fourth-order valence-corrected chi connectivity index (χ4v) is 4.43. The molecular weight excluding hydrogens is 511 g/mol. The molecule has 1 unspecified atom stereocenters. The van der Waals surface area contributed by atoms with Crippen molar-refractivity contribution in [2.45, 2.75) is 6.04 Å². The molecule has 7 heteroatoms. The number of nitrogens with zero attached hydrogens (tertiary/aromatic N) is 2. The van der Waals surface area contributed by atoms with Gasteiger partial charge in [0.2, 0.25) is 0 Å². The largest absolute Gasteiger partial charge is 0.376 e. The Morgan fingerprint density at radius 2 is 1.41 bits per heavy atom. The highest BCUT2D eigenvalue weighted by molar-refractivity contribution is 6.33. The third-order valence-corrected chi connectivity index (χ3v) is 6.47. The Morgan fingerprint density at radius 3 is 2.03 bits per heavy atom. The van der Waals surface area contributed by atoms with Gasteiger partial charge in [0.1, 0.15) is 11.6 Å². The Kier molecular flexibility index (Phi) is 8.15. The van der Waals surface area contributed by atoms with Crippen molar-refractivity contribution in [1.82, 2.24) is 4.98 Å². The number of benzene rings is 4. The molecule has 0 bridgehead atoms. The lowest BCUT2D eigenvalue weighted by Gasteiger charge is -2.29. The van der Waals surface area contributed by atoms with Crippen LogP contribution in [-0.4, -0.2) is 17.4 Å². The predicted octanol–water partition coefficient (Wildman–Crippen LogP) is 8.12. The second-order valence-electron chi connectivity index (χ2n) is 8.91. The van der Waals surface area contributed by atoms with E-state index in [1.54, 1.807) is 35.4 Å². The monoisotopic (exact) mass is 536 g/mol. The molecule has 4 aromatic carbocycles. The number of amides is 1. The number of nitrogens with one attached hydrogen (secondary N) is 2. The van der Waals surface area contributed by atoms with Gasteiger partial charge in [-0.2, -0.15) is 0 Å². The second-order valence-corrected chi connectivity index (χ2v) is 9.32. The van der Waals surface area contributed by atoms with Crippen LogP contribution in [0.2, 0.25) is 5.02 Å². The predicted molar refractivity (Wildman–Crippen MR) is 156 cm³/mol. The van der Waals surface area contributed by atoms with E-state index in [0.29, 0.717) is 22.1 Å². The summed E-state index contributed by atoms with van der Waals surface area (Å²) < 4.78 is 13.8. The highest BCUT2D eigenvalue weighted by Crippen LogP contribution is 2.30. The lowest BCUT2D eigenvalue weighted by Crippen LogP contribution is -2.37. The average molecular weight is 537 g/mol. The van der Waals surface area contributed by atoms with Crippen molar-refractivity contribution in [3.63, 3.8) is 0 Å². The van der Waals surface area contributed by atoms with E-state index in [9.17, 15) is 9.18 Å². The number of anilines is 4. The van der Waals surface area contributed by atoms with Gasteiger partial charge in [-0.15, -0.1) is 0 Å². The second kappa shape index (κ2) is 12.2. The van der Waals surface area contributed by atoms with Crippen molar-refractivity contribution in [3.05, 3.63) is 149 Å². The molecule has 1 amide bonds. The zero-order valence-electron chi connectivity index (χ0n) is 21.0. The van der Waals surface area contributed by atoms with Gasteiger partial charge in [0.05, 0.1) is 17.6 Å². The number of hydrogen-bond donors (Lipinski definition) is 2. The highest BCUT2D eigenvalue weighted by Gasteiger charge is 2.24. The van der Waals surface area contributed by atoms with Gasteiger partial charge in [-0.3, -0.25) is 4.79 Å². The average Bonchev–Trinajstić information content (AvgIpc) is 2.98. The molecule has 1 atom stereocenters. The molecule has 0 aliphatic heterocycles. The van der Waals surface area contributed by atoms with E-state index >= 15 is 0 Å². The Morgan fingerprint density at radius 1 is 0.821 bits per heavy atom. The number of aromatic nitrogens is 1. The zero-order valence-corrected chi connectivity index (χ0v) is 21.7. The molecule has 5 aromatic rings. The summed E-state index contributed by atoms with van der Waals surface area (Å²) >= 11 is 6.68. The third-order valence-electron chi connectivity index (χ3n) is 6.19. The summed E-state index contributed by atoms with van der Waals surface area (Å²) in [4.78, 5) is 20.0. The fraction of sp³-hybridized carbons (Fsp3) is 0.0625. The molecule has 0 saturated carbocycles. The van der Waals surface area contributed by atoms with Crippen LogP contribution in [0.15, 0.2) is 128 Å². The van der Waals surface area contributed by atoms with Crippen molar-refractivity contribution in [2.24, 2.45) is 0 Å². The maximum atomic E-state index is 13.8. The molecule has 1 heterocycles. The van der Waals surface area contributed by atoms with Gasteiger partial charge in [-0.1, -0.05) is 66.2 Å². The highest BCUT2D eigenvalue weighted by atomic mass is 35.5. The minimum Gasteiger partial charge on any atom is -0.376 e. The van der Waals surface area contributed by atoms with Crippen LogP contribution in [0, 0.1) is 5.82 Å². The number of rotatable bonds is 9. The Labute approximate surface area is 231 Å². The van der Waals surface area contributed by atoms with E-state index in [2.05, 4.69) is 15.6 Å². The number of para-hydroxylation sites is 2. The summed E-state index contributed by atoms with van der Waals surface area (Å²) in [6.07, 6.45) is 1.74. The van der Waals surface area contributed by atoms with Crippen molar-refractivity contribution in [3.8, 4) is 0 Å². The maximum absolute atomic E-state index is 13.8. The number of pyridine rings is 1. The lowest BCUT2D eigenvalue weighted by molar-refractivity contribution is 0.0986. The van der Waals surface area contributed by atoms with Crippen LogP contribution in [0.25, 0.3) is 0 Å². The topological polar surface area (TPSA) is 57.3 Å². The summed E-state index contributed by atoms with van der Waals surface area (Å²) in [6.45, 7) is 0.234. The van der Waals surface area contributed by atoms with Gasteiger partial charge in [0, 0.05) is 28.8 Å². The lowest BCUT2D eigenvalue weighted by atomic mass is 10.1. The van der Waals surface area contributed by atoms with E-state index < -0.39 is 0 Å². The Bertz CT molecular complexity index is 1520. The van der Waals surface area contributed by atoms with Crippen LogP contribution in [0.5, 0.6) is 0 Å². The van der Waals surface area contributed by atoms with E-state index in [1.165, 1.54) is 12.1 Å². The molecule has 0 aliphatic carbocycles. The van der Waals surface area contributed by atoms with Crippen LogP contribution in [0.4, 0.5) is 27.3 Å². The molecular formula is C32H26ClFN4O. The van der Waals surface area contributed by atoms with Crippen LogP contribution in [0.3, 0.4) is 0 Å². The molecule has 194 valence electrons. The van der Waals surface area contributed by atoms with Gasteiger partial charge in [-0.25, -0.2) is 9.37 Å². The zero-order chi connectivity index (χ0) is 27.0.